The van der Waals surface area contributed by atoms with E-state index in [9.17, 15) is 9.18 Å². The summed E-state index contributed by atoms with van der Waals surface area (Å²) in [5, 5.41) is 0. The van der Waals surface area contributed by atoms with Crippen molar-refractivity contribution in [2.24, 2.45) is 0 Å². The Bertz CT molecular complexity index is 979. The Balaban J connectivity index is 1.18. The molecule has 5 rings (SSSR count). The number of ether oxygens (including phenoxy) is 2. The fourth-order valence-corrected chi connectivity index (χ4v) is 5.39. The lowest BCUT2D eigenvalue weighted by Gasteiger charge is -2.26. The van der Waals surface area contributed by atoms with E-state index in [4.69, 9.17) is 9.47 Å². The average Bonchev–Trinajstić information content (AvgIpc) is 3.42. The van der Waals surface area contributed by atoms with Crippen LogP contribution in [0.2, 0.25) is 0 Å². The number of halogens is 1. The van der Waals surface area contributed by atoms with Crippen LogP contribution in [-0.2, 0) is 11.3 Å². The van der Waals surface area contributed by atoms with Crippen molar-refractivity contribution in [3.8, 4) is 5.75 Å². The number of hydrogen-bond donors (Lipinski definition) is 0. The summed E-state index contributed by atoms with van der Waals surface area (Å²) < 4.78 is 25.4. The van der Waals surface area contributed by atoms with E-state index in [1.165, 1.54) is 43.6 Å². The highest BCUT2D eigenvalue weighted by Crippen LogP contribution is 2.36. The summed E-state index contributed by atoms with van der Waals surface area (Å²) in [5.41, 5.74) is 1.41. The molecule has 3 aliphatic rings. The fourth-order valence-electron chi connectivity index (χ4n) is 5.39. The highest BCUT2D eigenvalue weighted by molar-refractivity contribution is 5.90. The zero-order valence-corrected chi connectivity index (χ0v) is 19.8. The molecule has 6 nitrogen and oxygen atoms in total. The van der Waals surface area contributed by atoms with Gasteiger partial charge in [-0.25, -0.2) is 9.18 Å². The van der Waals surface area contributed by atoms with Crippen LogP contribution in [0, 0.1) is 5.82 Å². The molecule has 1 amide bonds. The number of likely N-dealkylation sites (tertiary alicyclic amines) is 2. The van der Waals surface area contributed by atoms with Gasteiger partial charge in [-0.1, -0.05) is 18.2 Å². The first-order valence-electron chi connectivity index (χ1n) is 12.5. The van der Waals surface area contributed by atoms with E-state index in [1.807, 2.05) is 6.07 Å². The van der Waals surface area contributed by atoms with Crippen LogP contribution < -0.4 is 9.64 Å². The first-order valence-corrected chi connectivity index (χ1v) is 12.5. The molecular formula is C27H34FN3O3. The van der Waals surface area contributed by atoms with Crippen molar-refractivity contribution in [2.75, 3.05) is 50.8 Å². The third-order valence-corrected chi connectivity index (χ3v) is 7.33. The van der Waals surface area contributed by atoms with E-state index in [1.54, 1.807) is 17.0 Å². The van der Waals surface area contributed by atoms with E-state index in [0.29, 0.717) is 12.2 Å². The molecule has 0 aromatic heterocycles. The van der Waals surface area contributed by atoms with E-state index in [0.717, 1.165) is 57.8 Å². The minimum Gasteiger partial charge on any atom is -0.492 e. The largest absolute Gasteiger partial charge is 0.492 e. The molecule has 0 unspecified atom stereocenters. The Morgan fingerprint density at radius 2 is 1.68 bits per heavy atom. The molecule has 182 valence electrons. The van der Waals surface area contributed by atoms with Crippen LogP contribution in [0.1, 0.15) is 37.7 Å². The van der Waals surface area contributed by atoms with Crippen LogP contribution in [0.5, 0.6) is 5.75 Å². The third kappa shape index (κ3) is 5.36. The molecular weight excluding hydrogens is 433 g/mol. The van der Waals surface area contributed by atoms with Crippen LogP contribution >= 0.6 is 0 Å². The van der Waals surface area contributed by atoms with Gasteiger partial charge >= 0.3 is 6.09 Å². The molecule has 3 fully saturated rings. The van der Waals surface area contributed by atoms with Gasteiger partial charge in [-0.2, -0.15) is 0 Å². The van der Waals surface area contributed by atoms with Crippen molar-refractivity contribution in [1.82, 2.24) is 9.80 Å². The predicted octanol–water partition coefficient (Wildman–Crippen LogP) is 4.68. The zero-order chi connectivity index (χ0) is 23.4. The van der Waals surface area contributed by atoms with Gasteiger partial charge in [0.1, 0.15) is 23.8 Å². The van der Waals surface area contributed by atoms with Gasteiger partial charge in [-0.05, 0) is 75.6 Å². The minimum absolute atomic E-state index is 0.309. The zero-order valence-electron chi connectivity index (χ0n) is 19.8. The lowest BCUT2D eigenvalue weighted by atomic mass is 9.95. The summed E-state index contributed by atoms with van der Waals surface area (Å²) in [5.74, 6) is 0.659. The lowest BCUT2D eigenvalue weighted by Crippen LogP contribution is -2.36. The summed E-state index contributed by atoms with van der Waals surface area (Å²) in [6.07, 6.45) is 4.84. The van der Waals surface area contributed by atoms with E-state index in [-0.39, 0.29) is 11.9 Å². The summed E-state index contributed by atoms with van der Waals surface area (Å²) in [6.45, 7) is 7.22. The van der Waals surface area contributed by atoms with Crippen LogP contribution in [0.4, 0.5) is 14.9 Å². The summed E-state index contributed by atoms with van der Waals surface area (Å²) in [6, 6.07) is 14.4. The number of anilines is 1. The van der Waals surface area contributed by atoms with Gasteiger partial charge in [0, 0.05) is 37.3 Å². The smallest absolute Gasteiger partial charge is 0.415 e. The molecule has 2 aromatic rings. The number of benzene rings is 2. The molecule has 1 spiro atoms. The van der Waals surface area contributed by atoms with Crippen LogP contribution in [0.3, 0.4) is 0 Å². The molecule has 0 saturated carbocycles. The Morgan fingerprint density at radius 3 is 2.50 bits per heavy atom. The topological polar surface area (TPSA) is 45.2 Å². The molecule has 0 radical (unpaired) electrons. The maximum atomic E-state index is 13.3. The summed E-state index contributed by atoms with van der Waals surface area (Å²) in [4.78, 5) is 19.2. The number of carbonyl (C=O) groups is 1. The van der Waals surface area contributed by atoms with Crippen LogP contribution in [-0.4, -0.2) is 67.4 Å². The SMILES string of the molecule is O=C1O[C@@]2(CCCN(Cc3ccccc3OCCN3CCCC3)CC2)CN1c1ccc(F)cc1. The average molecular weight is 468 g/mol. The number of rotatable bonds is 7. The second-order valence-corrected chi connectivity index (χ2v) is 9.75. The number of para-hydroxylation sites is 1. The Morgan fingerprint density at radius 1 is 0.912 bits per heavy atom. The van der Waals surface area contributed by atoms with Crippen LogP contribution in [0.15, 0.2) is 48.5 Å². The third-order valence-electron chi connectivity index (χ3n) is 7.33. The first-order chi connectivity index (χ1) is 16.6. The molecule has 7 heteroatoms. The number of amides is 1. The minimum atomic E-state index is -0.480. The first kappa shape index (κ1) is 23.1. The van der Waals surface area contributed by atoms with Gasteiger partial charge in [-0.15, -0.1) is 0 Å². The van der Waals surface area contributed by atoms with E-state index in [2.05, 4.69) is 28.0 Å². The van der Waals surface area contributed by atoms with Gasteiger partial charge in [0.15, 0.2) is 0 Å². The fraction of sp³-hybridized carbons (Fsp3) is 0.519. The van der Waals surface area contributed by atoms with Gasteiger partial charge < -0.3 is 9.47 Å². The molecule has 3 heterocycles. The molecule has 3 aliphatic heterocycles. The Labute approximate surface area is 201 Å². The number of hydrogen-bond acceptors (Lipinski definition) is 5. The molecule has 1 atom stereocenters. The van der Waals surface area contributed by atoms with Crippen molar-refractivity contribution in [3.63, 3.8) is 0 Å². The van der Waals surface area contributed by atoms with Gasteiger partial charge in [0.25, 0.3) is 0 Å². The van der Waals surface area contributed by atoms with Gasteiger partial charge in [-0.3, -0.25) is 14.7 Å². The van der Waals surface area contributed by atoms with Crippen LogP contribution in [0.25, 0.3) is 0 Å². The van der Waals surface area contributed by atoms with Crippen molar-refractivity contribution < 1.29 is 18.7 Å². The normalized spacial score (nSPS) is 23.9. The second kappa shape index (κ2) is 10.3. The lowest BCUT2D eigenvalue weighted by molar-refractivity contribution is 0.0443. The molecule has 0 N–H and O–H groups in total. The van der Waals surface area contributed by atoms with Crippen molar-refractivity contribution in [1.29, 1.82) is 0 Å². The Kier molecular flexibility index (Phi) is 7.02. The quantitative estimate of drug-likeness (QED) is 0.592. The molecule has 2 aromatic carbocycles. The van der Waals surface area contributed by atoms with Gasteiger partial charge in [0.05, 0.1) is 6.54 Å². The second-order valence-electron chi connectivity index (χ2n) is 9.75. The monoisotopic (exact) mass is 467 g/mol. The van der Waals surface area contributed by atoms with Crippen molar-refractivity contribution in [3.05, 3.63) is 59.9 Å². The molecule has 3 saturated heterocycles. The van der Waals surface area contributed by atoms with E-state index >= 15 is 0 Å². The highest BCUT2D eigenvalue weighted by atomic mass is 19.1. The molecule has 0 bridgehead atoms. The Hall–Kier alpha value is -2.64. The maximum absolute atomic E-state index is 13.3. The predicted molar refractivity (Wildman–Crippen MR) is 130 cm³/mol. The highest BCUT2D eigenvalue weighted by Gasteiger charge is 2.46. The van der Waals surface area contributed by atoms with Crippen molar-refractivity contribution >= 4 is 11.8 Å². The van der Waals surface area contributed by atoms with Crippen molar-refractivity contribution in [2.45, 2.75) is 44.2 Å². The van der Waals surface area contributed by atoms with Gasteiger partial charge in [0.2, 0.25) is 0 Å². The molecule has 34 heavy (non-hydrogen) atoms. The van der Waals surface area contributed by atoms with E-state index < -0.39 is 5.60 Å². The summed E-state index contributed by atoms with van der Waals surface area (Å²) >= 11 is 0. The number of carbonyl (C=O) groups excluding carboxylic acids is 1. The standard InChI is InChI=1S/C27H34FN3O3/c28-23-8-10-24(11-9-23)31-21-27(34-26(31)32)12-5-16-30(17-13-27)20-22-6-1-2-7-25(22)33-19-18-29-14-3-4-15-29/h1-2,6-11H,3-5,12-21H2/t27-/m1/s1. The molecule has 0 aliphatic carbocycles. The maximum Gasteiger partial charge on any atom is 0.415 e. The number of nitrogens with zero attached hydrogens (tertiary/aromatic N) is 3. The summed E-state index contributed by atoms with van der Waals surface area (Å²) in [7, 11) is 0.